The maximum Gasteiger partial charge on any atom is 0.211 e. The van der Waals surface area contributed by atoms with Gasteiger partial charge in [0.15, 0.2) is 0 Å². The molecule has 0 amide bonds. The van der Waals surface area contributed by atoms with E-state index in [2.05, 4.69) is 49.8 Å². The van der Waals surface area contributed by atoms with Crippen molar-refractivity contribution in [2.45, 2.75) is 116 Å². The summed E-state index contributed by atoms with van der Waals surface area (Å²) in [5.74, 6) is 2.79. The van der Waals surface area contributed by atoms with E-state index >= 15 is 0 Å². The smallest absolute Gasteiger partial charge is 0.211 e. The van der Waals surface area contributed by atoms with Crippen molar-refractivity contribution in [3.05, 3.63) is 5.82 Å². The number of unbranched alkanes of at least 4 members (excludes halogenated alkanes) is 13. The minimum atomic E-state index is -3.25. The van der Waals surface area contributed by atoms with Crippen molar-refractivity contribution in [3.63, 3.8) is 0 Å². The molecule has 0 bridgehead atoms. The van der Waals surface area contributed by atoms with Gasteiger partial charge in [-0.25, -0.2) is 17.8 Å². The molecular weight excluding hydrogens is 581 g/mol. The van der Waals surface area contributed by atoms with E-state index in [0.717, 1.165) is 15.9 Å². The molecule has 1 atom stereocenters. The number of nitrogens with zero attached hydrogens (tertiary/aromatic N) is 4. The highest BCUT2D eigenvalue weighted by molar-refractivity contribution is 14.1. The lowest BCUT2D eigenvalue weighted by Gasteiger charge is -2.18. The van der Waals surface area contributed by atoms with Crippen molar-refractivity contribution in [2.24, 2.45) is 0 Å². The van der Waals surface area contributed by atoms with Crippen LogP contribution in [0, 0.1) is 6.92 Å². The van der Waals surface area contributed by atoms with Gasteiger partial charge in [0.25, 0.3) is 0 Å². The maximum atomic E-state index is 12.2. The summed E-state index contributed by atoms with van der Waals surface area (Å²) < 4.78 is 29.7. The average Bonchev–Trinajstić information content (AvgIpc) is 3.25. The normalized spacial score (nSPS) is 12.9. The van der Waals surface area contributed by atoms with Crippen LogP contribution in [0.5, 0.6) is 0 Å². The van der Waals surface area contributed by atoms with Crippen LogP contribution in [0.25, 0.3) is 0 Å². The van der Waals surface area contributed by atoms with Crippen molar-refractivity contribution in [2.75, 3.05) is 28.2 Å². The Morgan fingerprint density at radius 3 is 1.97 bits per heavy atom. The fourth-order valence-corrected chi connectivity index (χ4v) is 7.07. The molecule has 200 valence electrons. The minimum absolute atomic E-state index is 0.0685. The topological polar surface area (TPSA) is 89.8 Å². The number of aromatic nitrogens is 4. The van der Waals surface area contributed by atoms with Gasteiger partial charge in [-0.2, -0.15) is 11.8 Å². The molecule has 1 unspecified atom stereocenters. The van der Waals surface area contributed by atoms with Gasteiger partial charge in [-0.05, 0) is 35.9 Å². The van der Waals surface area contributed by atoms with Gasteiger partial charge in [0.05, 0.1) is 11.8 Å². The van der Waals surface area contributed by atoms with E-state index in [1.54, 1.807) is 4.68 Å². The number of aryl methyl sites for hydroxylation is 1. The Balaban J connectivity index is 2.10. The van der Waals surface area contributed by atoms with Gasteiger partial charge in [0.2, 0.25) is 10.0 Å². The second-order valence-corrected chi connectivity index (χ2v) is 13.4. The Morgan fingerprint density at radius 2 is 1.47 bits per heavy atom. The highest BCUT2D eigenvalue weighted by Gasteiger charge is 2.19. The molecule has 34 heavy (non-hydrogen) atoms. The third-order valence-corrected chi connectivity index (χ3v) is 9.43. The molecule has 0 aliphatic carbocycles. The van der Waals surface area contributed by atoms with Crippen LogP contribution >= 0.6 is 34.4 Å². The predicted molar refractivity (Wildman–Crippen MR) is 155 cm³/mol. The molecule has 0 aliphatic heterocycles. The Kier molecular flexibility index (Phi) is 20.0. The second-order valence-electron chi connectivity index (χ2n) is 9.21. The van der Waals surface area contributed by atoms with Crippen LogP contribution < -0.4 is 4.72 Å². The molecule has 0 saturated heterocycles. The van der Waals surface area contributed by atoms with Gasteiger partial charge in [0, 0.05) is 16.7 Å². The molecule has 1 aromatic heterocycles. The first-order chi connectivity index (χ1) is 16.5. The second kappa shape index (κ2) is 21.2. The van der Waals surface area contributed by atoms with Crippen LogP contribution in [0.15, 0.2) is 0 Å². The minimum Gasteiger partial charge on any atom is -0.225 e. The molecule has 7 nitrogen and oxygen atoms in total. The number of thioether (sulfide) groups is 1. The summed E-state index contributed by atoms with van der Waals surface area (Å²) in [6, 6.07) is -0.0685. The van der Waals surface area contributed by atoms with Crippen LogP contribution in [0.4, 0.5) is 0 Å². The van der Waals surface area contributed by atoms with Crippen LogP contribution in [0.3, 0.4) is 0 Å². The first kappa shape index (κ1) is 32.1. The summed E-state index contributed by atoms with van der Waals surface area (Å²) in [6.07, 6.45) is 19.9. The Labute approximate surface area is 227 Å². The summed E-state index contributed by atoms with van der Waals surface area (Å²) in [5.41, 5.74) is 0. The molecule has 0 saturated carbocycles. The summed E-state index contributed by atoms with van der Waals surface area (Å²) in [5, 5.41) is 11.8. The SMILES string of the molecule is CCCCCCCCCCCCCCCCSCC(CNS(=O)(=O)CCCI)n1nnnc1C. The number of hydrogen-bond donors (Lipinski definition) is 1. The number of nitrogens with one attached hydrogen (secondary N) is 1. The maximum absolute atomic E-state index is 12.2. The number of sulfonamides is 1. The van der Waals surface area contributed by atoms with E-state index < -0.39 is 10.0 Å². The average molecular weight is 630 g/mol. The molecule has 0 fully saturated rings. The highest BCUT2D eigenvalue weighted by atomic mass is 127. The van der Waals surface area contributed by atoms with Crippen molar-refractivity contribution in [3.8, 4) is 0 Å². The molecule has 0 radical (unpaired) electrons. The van der Waals surface area contributed by atoms with E-state index in [0.29, 0.717) is 18.8 Å². The summed E-state index contributed by atoms with van der Waals surface area (Å²) in [7, 11) is -3.25. The molecule has 0 spiro atoms. The standard InChI is InChI=1S/C24H48IN5O2S2/c1-3-4-5-6-7-8-9-10-11-12-13-14-15-16-19-33-22-24(30-23(2)27-28-29-30)21-26-34(31,32)20-17-18-25/h24,26H,3-22H2,1-2H3. The van der Waals surface area contributed by atoms with Gasteiger partial charge in [-0.1, -0.05) is 113 Å². The number of tetrazole rings is 1. The predicted octanol–water partition coefficient (Wildman–Crippen LogP) is 6.48. The third-order valence-electron chi connectivity index (χ3n) is 6.04. The molecule has 1 aromatic rings. The van der Waals surface area contributed by atoms with Crippen molar-refractivity contribution >= 4 is 44.4 Å². The number of hydrogen-bond acceptors (Lipinski definition) is 6. The Bertz CT molecular complexity index is 703. The number of halogens is 1. The Hall–Kier alpha value is 0.0600. The Morgan fingerprint density at radius 1 is 0.912 bits per heavy atom. The zero-order chi connectivity index (χ0) is 24.9. The largest absolute Gasteiger partial charge is 0.225 e. The summed E-state index contributed by atoms with van der Waals surface area (Å²) in [4.78, 5) is 0. The van der Waals surface area contributed by atoms with Gasteiger partial charge in [-0.15, -0.1) is 5.10 Å². The lowest BCUT2D eigenvalue weighted by Crippen LogP contribution is -2.34. The van der Waals surface area contributed by atoms with Crippen LogP contribution in [-0.4, -0.2) is 56.9 Å². The fourth-order valence-electron chi connectivity index (χ4n) is 3.95. The van der Waals surface area contributed by atoms with E-state index in [4.69, 9.17) is 0 Å². The van der Waals surface area contributed by atoms with E-state index in [1.807, 2.05) is 18.7 Å². The van der Waals surface area contributed by atoms with Gasteiger partial charge >= 0.3 is 0 Å². The summed E-state index contributed by atoms with van der Waals surface area (Å²) >= 11 is 4.07. The van der Waals surface area contributed by atoms with Crippen LogP contribution in [-0.2, 0) is 10.0 Å². The molecule has 0 aromatic carbocycles. The summed E-state index contributed by atoms with van der Waals surface area (Å²) in [6.45, 7) is 4.47. The van der Waals surface area contributed by atoms with E-state index in [1.165, 1.54) is 89.9 Å². The highest BCUT2D eigenvalue weighted by Crippen LogP contribution is 2.18. The van der Waals surface area contributed by atoms with Gasteiger partial charge in [-0.3, -0.25) is 0 Å². The molecule has 10 heteroatoms. The first-order valence-corrected chi connectivity index (χ1v) is 17.7. The van der Waals surface area contributed by atoms with E-state index in [9.17, 15) is 8.42 Å². The van der Waals surface area contributed by atoms with Crippen LogP contribution in [0.1, 0.15) is 115 Å². The number of alkyl halides is 1. The first-order valence-electron chi connectivity index (χ1n) is 13.4. The zero-order valence-electron chi connectivity index (χ0n) is 21.5. The molecule has 1 rings (SSSR count). The third kappa shape index (κ3) is 16.7. The molecule has 0 aliphatic rings. The van der Waals surface area contributed by atoms with Crippen LogP contribution in [0.2, 0.25) is 0 Å². The quantitative estimate of drug-likeness (QED) is 0.0800. The van der Waals surface area contributed by atoms with Crippen molar-refractivity contribution in [1.82, 2.24) is 24.9 Å². The van der Waals surface area contributed by atoms with Crippen molar-refractivity contribution < 1.29 is 8.42 Å². The van der Waals surface area contributed by atoms with Crippen molar-refractivity contribution in [1.29, 1.82) is 0 Å². The zero-order valence-corrected chi connectivity index (χ0v) is 25.3. The van der Waals surface area contributed by atoms with Gasteiger partial charge < -0.3 is 0 Å². The monoisotopic (exact) mass is 629 g/mol. The lowest BCUT2D eigenvalue weighted by atomic mass is 10.0. The molecular formula is C24H48IN5O2S2. The van der Waals surface area contributed by atoms with E-state index in [-0.39, 0.29) is 11.8 Å². The fraction of sp³-hybridized carbons (Fsp3) is 0.958. The van der Waals surface area contributed by atoms with Gasteiger partial charge in [0.1, 0.15) is 5.82 Å². The number of rotatable bonds is 24. The molecule has 1 N–H and O–H groups in total. The lowest BCUT2D eigenvalue weighted by molar-refractivity contribution is 0.464. The molecule has 1 heterocycles.